The summed E-state index contributed by atoms with van der Waals surface area (Å²) in [5, 5.41) is 2.86. The largest absolute Gasteiger partial charge is 0.472 e. The Bertz CT molecular complexity index is 757. The average Bonchev–Trinajstić information content (AvgIpc) is 3.13. The molecule has 0 atom stereocenters. The van der Waals surface area contributed by atoms with E-state index in [1.165, 1.54) is 12.5 Å². The van der Waals surface area contributed by atoms with E-state index in [1.54, 1.807) is 6.07 Å². The minimum atomic E-state index is -0.142. The summed E-state index contributed by atoms with van der Waals surface area (Å²) >= 11 is 0. The normalized spacial score (nSPS) is 11.2. The number of fused-ring (bicyclic) bond motifs is 1. The predicted octanol–water partition coefficient (Wildman–Crippen LogP) is 3.14. The Balaban J connectivity index is 1.75. The number of furan rings is 1. The van der Waals surface area contributed by atoms with Crippen LogP contribution < -0.4 is 5.32 Å². The highest BCUT2D eigenvalue weighted by atomic mass is 16.3. The van der Waals surface area contributed by atoms with Gasteiger partial charge in [0.15, 0.2) is 0 Å². The number of hydrogen-bond donors (Lipinski definition) is 1. The molecule has 5 heteroatoms. The molecule has 3 rings (SSSR count). The number of aromatic nitrogens is 2. The lowest BCUT2D eigenvalue weighted by Crippen LogP contribution is -2.22. The van der Waals surface area contributed by atoms with Gasteiger partial charge in [0.2, 0.25) is 0 Å². The van der Waals surface area contributed by atoms with Gasteiger partial charge in [0, 0.05) is 12.6 Å². The third-order valence-electron chi connectivity index (χ3n) is 3.43. The summed E-state index contributed by atoms with van der Waals surface area (Å²) in [6, 6.07) is 8.08. The first kappa shape index (κ1) is 13.4. The zero-order valence-corrected chi connectivity index (χ0v) is 12.0. The zero-order valence-electron chi connectivity index (χ0n) is 12.0. The highest BCUT2D eigenvalue weighted by Crippen LogP contribution is 2.18. The molecule has 1 aromatic carbocycles. The van der Waals surface area contributed by atoms with E-state index in [0.29, 0.717) is 18.2 Å². The summed E-state index contributed by atoms with van der Waals surface area (Å²) in [6.45, 7) is 4.72. The number of carbonyl (C=O) groups is 1. The molecule has 0 saturated heterocycles. The highest BCUT2D eigenvalue weighted by molar-refractivity contribution is 5.93. The minimum absolute atomic E-state index is 0.142. The van der Waals surface area contributed by atoms with Gasteiger partial charge in [-0.05, 0) is 37.6 Å². The fourth-order valence-corrected chi connectivity index (χ4v) is 2.28. The zero-order chi connectivity index (χ0) is 14.8. The lowest BCUT2D eigenvalue weighted by atomic mass is 10.2. The van der Waals surface area contributed by atoms with Gasteiger partial charge in [-0.1, -0.05) is 6.07 Å². The van der Waals surface area contributed by atoms with Crippen LogP contribution in [0.5, 0.6) is 0 Å². The molecule has 0 radical (unpaired) electrons. The number of benzene rings is 1. The van der Waals surface area contributed by atoms with Crippen molar-refractivity contribution in [3.63, 3.8) is 0 Å². The van der Waals surface area contributed by atoms with Crippen LogP contribution in [0.2, 0.25) is 0 Å². The molecule has 0 aliphatic carbocycles. The number of nitrogens with zero attached hydrogens (tertiary/aromatic N) is 2. The van der Waals surface area contributed by atoms with Crippen molar-refractivity contribution in [3.05, 3.63) is 54.2 Å². The third-order valence-corrected chi connectivity index (χ3v) is 3.43. The number of nitrogens with one attached hydrogen (secondary N) is 1. The molecule has 108 valence electrons. The Morgan fingerprint density at radius 2 is 2.24 bits per heavy atom. The van der Waals surface area contributed by atoms with E-state index in [0.717, 1.165) is 16.6 Å². The van der Waals surface area contributed by atoms with Gasteiger partial charge in [0.1, 0.15) is 6.26 Å². The van der Waals surface area contributed by atoms with Gasteiger partial charge in [-0.25, -0.2) is 4.98 Å². The van der Waals surface area contributed by atoms with Crippen molar-refractivity contribution >= 4 is 16.9 Å². The Kier molecular flexibility index (Phi) is 3.48. The molecule has 1 N–H and O–H groups in total. The van der Waals surface area contributed by atoms with E-state index in [1.807, 2.05) is 24.5 Å². The van der Waals surface area contributed by atoms with Crippen molar-refractivity contribution in [1.82, 2.24) is 14.9 Å². The number of rotatable bonds is 4. The van der Waals surface area contributed by atoms with Crippen molar-refractivity contribution in [2.75, 3.05) is 0 Å². The molecule has 21 heavy (non-hydrogen) atoms. The van der Waals surface area contributed by atoms with E-state index in [-0.39, 0.29) is 5.91 Å². The maximum atomic E-state index is 11.8. The van der Waals surface area contributed by atoms with Crippen LogP contribution in [0.3, 0.4) is 0 Å². The smallest absolute Gasteiger partial charge is 0.254 e. The number of imidazole rings is 1. The summed E-state index contributed by atoms with van der Waals surface area (Å²) in [7, 11) is 0. The molecule has 1 amide bonds. The summed E-state index contributed by atoms with van der Waals surface area (Å²) in [5.74, 6) is -0.142. The predicted molar refractivity (Wildman–Crippen MR) is 80.0 cm³/mol. The van der Waals surface area contributed by atoms with Crippen LogP contribution in [-0.2, 0) is 6.54 Å². The maximum Gasteiger partial charge on any atom is 0.254 e. The van der Waals surface area contributed by atoms with Gasteiger partial charge in [-0.3, -0.25) is 4.79 Å². The van der Waals surface area contributed by atoms with Crippen LogP contribution in [-0.4, -0.2) is 15.5 Å². The number of amides is 1. The number of hydrogen-bond acceptors (Lipinski definition) is 3. The first-order valence-corrected chi connectivity index (χ1v) is 6.91. The van der Waals surface area contributed by atoms with Gasteiger partial charge in [0.25, 0.3) is 5.91 Å². The fraction of sp³-hybridized carbons (Fsp3) is 0.250. The van der Waals surface area contributed by atoms with Crippen LogP contribution in [0, 0.1) is 0 Å². The van der Waals surface area contributed by atoms with Crippen molar-refractivity contribution in [1.29, 1.82) is 0 Å². The van der Waals surface area contributed by atoms with Crippen LogP contribution >= 0.6 is 0 Å². The molecule has 2 aromatic heterocycles. The standard InChI is InChI=1S/C16H17N3O2/c1-11(2)19-10-18-14-7-12(3-4-15(14)19)8-17-16(20)13-5-6-21-9-13/h3-7,9-11H,8H2,1-2H3,(H,17,20). The highest BCUT2D eigenvalue weighted by Gasteiger charge is 2.08. The molecule has 5 nitrogen and oxygen atoms in total. The molecule has 0 saturated carbocycles. The maximum absolute atomic E-state index is 11.8. The van der Waals surface area contributed by atoms with Crippen LogP contribution in [0.1, 0.15) is 35.8 Å². The van der Waals surface area contributed by atoms with Crippen molar-refractivity contribution in [3.8, 4) is 0 Å². The monoisotopic (exact) mass is 283 g/mol. The third kappa shape index (κ3) is 2.67. The van der Waals surface area contributed by atoms with E-state index >= 15 is 0 Å². The molecule has 3 aromatic rings. The Labute approximate surface area is 122 Å². The van der Waals surface area contributed by atoms with E-state index in [4.69, 9.17) is 4.42 Å². The van der Waals surface area contributed by atoms with E-state index in [9.17, 15) is 4.79 Å². The topological polar surface area (TPSA) is 60.1 Å². The molecule has 0 aliphatic rings. The lowest BCUT2D eigenvalue weighted by Gasteiger charge is -2.08. The average molecular weight is 283 g/mol. The Morgan fingerprint density at radius 1 is 1.38 bits per heavy atom. The molecule has 0 aliphatic heterocycles. The SMILES string of the molecule is CC(C)n1cnc2cc(CNC(=O)c3ccoc3)ccc21. The fourth-order valence-electron chi connectivity index (χ4n) is 2.28. The van der Waals surface area contributed by atoms with Gasteiger partial charge in [-0.2, -0.15) is 0 Å². The van der Waals surface area contributed by atoms with Gasteiger partial charge in [-0.15, -0.1) is 0 Å². The molecule has 2 heterocycles. The summed E-state index contributed by atoms with van der Waals surface area (Å²) < 4.78 is 7.03. The van der Waals surface area contributed by atoms with Crippen LogP contribution in [0.25, 0.3) is 11.0 Å². The molecule has 0 spiro atoms. The first-order valence-electron chi connectivity index (χ1n) is 6.91. The van der Waals surface area contributed by atoms with Crippen molar-refractivity contribution < 1.29 is 9.21 Å². The second-order valence-corrected chi connectivity index (χ2v) is 5.26. The first-order chi connectivity index (χ1) is 10.1. The summed E-state index contributed by atoms with van der Waals surface area (Å²) in [4.78, 5) is 16.3. The van der Waals surface area contributed by atoms with E-state index < -0.39 is 0 Å². The summed E-state index contributed by atoms with van der Waals surface area (Å²) in [6.07, 6.45) is 4.77. The van der Waals surface area contributed by atoms with Gasteiger partial charge in [0.05, 0.1) is 29.2 Å². The summed E-state index contributed by atoms with van der Waals surface area (Å²) in [5.41, 5.74) is 3.60. The van der Waals surface area contributed by atoms with Crippen LogP contribution in [0.4, 0.5) is 0 Å². The quantitative estimate of drug-likeness (QED) is 0.800. The second-order valence-electron chi connectivity index (χ2n) is 5.26. The van der Waals surface area contributed by atoms with Crippen LogP contribution in [0.15, 0.2) is 47.5 Å². The molecule has 0 bridgehead atoms. The molecule has 0 fully saturated rings. The van der Waals surface area contributed by atoms with E-state index in [2.05, 4.69) is 28.7 Å². The lowest BCUT2D eigenvalue weighted by molar-refractivity contribution is 0.0950. The Hall–Kier alpha value is -2.56. The Morgan fingerprint density at radius 3 is 2.95 bits per heavy atom. The molecular weight excluding hydrogens is 266 g/mol. The van der Waals surface area contributed by atoms with Gasteiger partial charge < -0.3 is 14.3 Å². The van der Waals surface area contributed by atoms with Crippen molar-refractivity contribution in [2.45, 2.75) is 26.4 Å². The second kappa shape index (κ2) is 5.44. The van der Waals surface area contributed by atoms with Crippen molar-refractivity contribution in [2.24, 2.45) is 0 Å². The van der Waals surface area contributed by atoms with Gasteiger partial charge >= 0.3 is 0 Å². The minimum Gasteiger partial charge on any atom is -0.472 e. The molecule has 0 unspecified atom stereocenters. The molecular formula is C16H17N3O2. The number of carbonyl (C=O) groups excluding carboxylic acids is 1.